The quantitative estimate of drug-likeness (QED) is 0.588. The molecule has 0 atom stereocenters. The van der Waals surface area contributed by atoms with Crippen molar-refractivity contribution < 1.29 is 36.2 Å². The summed E-state index contributed by atoms with van der Waals surface area (Å²) in [5, 5.41) is 8.09. The summed E-state index contributed by atoms with van der Waals surface area (Å²) >= 11 is 0. The molecule has 0 fully saturated rings. The van der Waals surface area contributed by atoms with Gasteiger partial charge in [-0.2, -0.15) is 26.3 Å². The van der Waals surface area contributed by atoms with Crippen LogP contribution in [-0.2, 0) is 4.79 Å². The van der Waals surface area contributed by atoms with Gasteiger partial charge in [0.25, 0.3) is 5.41 Å². The molecule has 0 amide bonds. The highest BCUT2D eigenvalue weighted by Crippen LogP contribution is 2.51. The first-order valence-corrected chi connectivity index (χ1v) is 3.24. The van der Waals surface area contributed by atoms with Crippen LogP contribution in [0, 0.1) is 5.41 Å². The van der Waals surface area contributed by atoms with Crippen molar-refractivity contribution in [3.8, 4) is 0 Å². The van der Waals surface area contributed by atoms with E-state index in [1.807, 2.05) is 0 Å². The normalized spacial score (nSPS) is 13.2. The second-order valence-electron chi connectivity index (χ2n) is 2.46. The summed E-state index contributed by atoms with van der Waals surface area (Å²) < 4.78 is 72.7. The zero-order chi connectivity index (χ0) is 12.5. The van der Waals surface area contributed by atoms with Crippen LogP contribution in [0.4, 0.5) is 26.3 Å². The Hall–Kier alpha value is -1.43. The Balaban J connectivity index is 5.95. The molecular formula is C7H4F6O2. The van der Waals surface area contributed by atoms with Crippen LogP contribution in [0.2, 0.25) is 0 Å². The molecule has 86 valence electrons. The summed E-state index contributed by atoms with van der Waals surface area (Å²) in [4.78, 5) is 10.2. The van der Waals surface area contributed by atoms with E-state index in [0.29, 0.717) is 0 Å². The smallest absolute Gasteiger partial charge is 0.417 e. The first-order chi connectivity index (χ1) is 6.50. The molecule has 0 saturated heterocycles. The average molecular weight is 234 g/mol. The van der Waals surface area contributed by atoms with Crippen molar-refractivity contribution in [3.63, 3.8) is 0 Å². The van der Waals surface area contributed by atoms with Crippen LogP contribution in [0.1, 0.15) is 0 Å². The largest absolute Gasteiger partial charge is 0.480 e. The summed E-state index contributed by atoms with van der Waals surface area (Å²) in [6.45, 7) is 2.51. The van der Waals surface area contributed by atoms with Crippen molar-refractivity contribution in [2.45, 2.75) is 12.4 Å². The molecule has 1 N–H and O–H groups in total. The molecule has 0 aliphatic carbocycles. The minimum Gasteiger partial charge on any atom is -0.480 e. The lowest BCUT2D eigenvalue weighted by molar-refractivity contribution is -0.313. The highest BCUT2D eigenvalue weighted by atomic mass is 19.4. The van der Waals surface area contributed by atoms with Crippen molar-refractivity contribution >= 4 is 5.97 Å². The van der Waals surface area contributed by atoms with Crippen molar-refractivity contribution in [3.05, 3.63) is 18.4 Å². The van der Waals surface area contributed by atoms with E-state index in [1.54, 1.807) is 0 Å². The fourth-order valence-electron chi connectivity index (χ4n) is 0.782. The van der Waals surface area contributed by atoms with Gasteiger partial charge >= 0.3 is 18.3 Å². The average Bonchev–Trinajstić information content (AvgIpc) is 1.93. The van der Waals surface area contributed by atoms with Gasteiger partial charge in [-0.15, -0.1) is 5.73 Å². The summed E-state index contributed by atoms with van der Waals surface area (Å²) in [7, 11) is 0. The predicted molar refractivity (Wildman–Crippen MR) is 35.9 cm³/mol. The van der Waals surface area contributed by atoms with Gasteiger partial charge in [0.15, 0.2) is 0 Å². The van der Waals surface area contributed by atoms with E-state index in [9.17, 15) is 31.1 Å². The lowest BCUT2D eigenvalue weighted by Gasteiger charge is -2.29. The number of rotatable bonds is 2. The molecule has 0 bridgehead atoms. The fraction of sp³-hybridized carbons (Fsp3) is 0.429. The zero-order valence-electron chi connectivity index (χ0n) is 6.91. The molecule has 0 radical (unpaired) electrons. The Morgan fingerprint density at radius 2 is 1.47 bits per heavy atom. The molecule has 0 unspecified atom stereocenters. The monoisotopic (exact) mass is 234 g/mol. The Morgan fingerprint density at radius 3 is 1.53 bits per heavy atom. The van der Waals surface area contributed by atoms with Crippen LogP contribution in [0.5, 0.6) is 0 Å². The maximum absolute atomic E-state index is 12.1. The number of carboxylic acid groups (broad SMARTS) is 1. The first kappa shape index (κ1) is 13.6. The van der Waals surface area contributed by atoms with Gasteiger partial charge in [0.2, 0.25) is 0 Å². The molecule has 0 aromatic heterocycles. The number of hydrogen-bond donors (Lipinski definition) is 1. The van der Waals surface area contributed by atoms with Crippen LogP contribution in [0.3, 0.4) is 0 Å². The van der Waals surface area contributed by atoms with Gasteiger partial charge in [-0.1, -0.05) is 6.58 Å². The zero-order valence-corrected chi connectivity index (χ0v) is 6.91. The van der Waals surface area contributed by atoms with Crippen LogP contribution in [0.15, 0.2) is 18.4 Å². The Morgan fingerprint density at radius 1 is 1.13 bits per heavy atom. The van der Waals surface area contributed by atoms with Gasteiger partial charge in [0.1, 0.15) is 0 Å². The predicted octanol–water partition coefficient (Wildman–Crippen LogP) is 2.52. The van der Waals surface area contributed by atoms with E-state index in [1.165, 1.54) is 5.73 Å². The molecule has 15 heavy (non-hydrogen) atoms. The summed E-state index contributed by atoms with van der Waals surface area (Å²) in [5.41, 5.74) is -3.75. The van der Waals surface area contributed by atoms with Crippen molar-refractivity contribution in [2.75, 3.05) is 0 Å². The minimum atomic E-state index is -6.01. The highest BCUT2D eigenvalue weighted by molar-refractivity contribution is 5.79. The molecule has 0 aromatic carbocycles. The SMILES string of the molecule is C=C=CC(C(=O)O)(C(F)(F)F)C(F)(F)F. The maximum Gasteiger partial charge on any atom is 0.417 e. The Kier molecular flexibility index (Phi) is 3.27. The van der Waals surface area contributed by atoms with Crippen LogP contribution in [0.25, 0.3) is 0 Å². The van der Waals surface area contributed by atoms with E-state index in [2.05, 4.69) is 6.58 Å². The molecule has 2 nitrogen and oxygen atoms in total. The van der Waals surface area contributed by atoms with Gasteiger partial charge in [-0.05, 0) is 6.08 Å². The molecule has 8 heteroatoms. The molecule has 0 saturated carbocycles. The molecule has 0 heterocycles. The van der Waals surface area contributed by atoms with Crippen LogP contribution < -0.4 is 0 Å². The van der Waals surface area contributed by atoms with E-state index < -0.39 is 29.8 Å². The van der Waals surface area contributed by atoms with Crippen LogP contribution in [-0.4, -0.2) is 23.4 Å². The number of aliphatic carboxylic acids is 1. The molecule has 0 aromatic rings. The van der Waals surface area contributed by atoms with Gasteiger partial charge in [0, 0.05) is 0 Å². The van der Waals surface area contributed by atoms with E-state index in [-0.39, 0.29) is 0 Å². The topological polar surface area (TPSA) is 37.3 Å². The maximum atomic E-state index is 12.1. The molecule has 0 aliphatic rings. The van der Waals surface area contributed by atoms with E-state index in [0.717, 1.165) is 0 Å². The number of alkyl halides is 6. The van der Waals surface area contributed by atoms with Gasteiger partial charge in [-0.3, -0.25) is 4.79 Å². The molecule has 0 spiro atoms. The Labute approximate surface area is 79.5 Å². The second kappa shape index (κ2) is 3.62. The standard InChI is InChI=1S/C7H4F6O2/c1-2-3-5(4(14)15,6(8,9)10)7(11,12)13/h3H,1H2,(H,14,15). The summed E-state index contributed by atoms with van der Waals surface area (Å²) in [5.74, 6) is -3.07. The molecular weight excluding hydrogens is 230 g/mol. The molecule has 0 aliphatic heterocycles. The second-order valence-corrected chi connectivity index (χ2v) is 2.46. The number of hydrogen-bond acceptors (Lipinski definition) is 1. The van der Waals surface area contributed by atoms with E-state index >= 15 is 0 Å². The van der Waals surface area contributed by atoms with Crippen molar-refractivity contribution in [1.29, 1.82) is 0 Å². The number of halogens is 6. The third-order valence-electron chi connectivity index (χ3n) is 1.55. The number of carbonyl (C=O) groups is 1. The fourth-order valence-corrected chi connectivity index (χ4v) is 0.782. The summed E-state index contributed by atoms with van der Waals surface area (Å²) in [6, 6.07) is 0. The first-order valence-electron chi connectivity index (χ1n) is 3.24. The van der Waals surface area contributed by atoms with Gasteiger partial charge in [-0.25, -0.2) is 0 Å². The van der Waals surface area contributed by atoms with Crippen molar-refractivity contribution in [1.82, 2.24) is 0 Å². The Bertz CT molecular complexity index is 288. The van der Waals surface area contributed by atoms with Crippen molar-refractivity contribution in [2.24, 2.45) is 5.41 Å². The van der Waals surface area contributed by atoms with Gasteiger partial charge in [0.05, 0.1) is 0 Å². The third-order valence-corrected chi connectivity index (χ3v) is 1.55. The molecule has 0 rings (SSSR count). The minimum absolute atomic E-state index is 0.657. The van der Waals surface area contributed by atoms with Crippen LogP contribution >= 0.6 is 0 Å². The lowest BCUT2D eigenvalue weighted by Crippen LogP contribution is -2.54. The van der Waals surface area contributed by atoms with Gasteiger partial charge < -0.3 is 5.11 Å². The summed E-state index contributed by atoms with van der Waals surface area (Å²) in [6.07, 6.45) is -12.7. The van der Waals surface area contributed by atoms with E-state index in [4.69, 9.17) is 5.11 Å². The highest BCUT2D eigenvalue weighted by Gasteiger charge is 2.75. The number of carboxylic acids is 1. The third kappa shape index (κ3) is 1.99. The lowest BCUT2D eigenvalue weighted by atomic mass is 9.86.